The Morgan fingerprint density at radius 3 is 2.39 bits per heavy atom. The van der Waals surface area contributed by atoms with Gasteiger partial charge in [-0.2, -0.15) is 9.78 Å². The molecule has 142 valence electrons. The van der Waals surface area contributed by atoms with Gasteiger partial charge in [-0.1, -0.05) is 11.6 Å². The third-order valence-corrected chi connectivity index (χ3v) is 3.83. The Morgan fingerprint density at radius 1 is 1.00 bits per heavy atom. The van der Waals surface area contributed by atoms with Gasteiger partial charge < -0.3 is 5.11 Å². The van der Waals surface area contributed by atoms with Gasteiger partial charge in [-0.05, 0) is 48.5 Å². The summed E-state index contributed by atoms with van der Waals surface area (Å²) in [6.45, 7) is 0. The van der Waals surface area contributed by atoms with E-state index in [0.29, 0.717) is 0 Å². The smallest absolute Gasteiger partial charge is 0.290 e. The molecule has 28 heavy (non-hydrogen) atoms. The van der Waals surface area contributed by atoms with Crippen LogP contribution in [0.25, 0.3) is 5.69 Å². The number of halogens is 2. The molecular formula is C18H12ClFN4O4. The van der Waals surface area contributed by atoms with E-state index in [-0.39, 0.29) is 27.7 Å². The average molecular weight is 403 g/mol. The highest BCUT2D eigenvalue weighted by Gasteiger charge is 2.15. The van der Waals surface area contributed by atoms with Crippen molar-refractivity contribution in [1.82, 2.24) is 20.6 Å². The van der Waals surface area contributed by atoms with Gasteiger partial charge in [-0.15, -0.1) is 0 Å². The molecule has 0 radical (unpaired) electrons. The van der Waals surface area contributed by atoms with Crippen LogP contribution in [0.15, 0.2) is 59.4 Å². The minimum Gasteiger partial charge on any atom is -0.507 e. The molecule has 0 aliphatic rings. The molecule has 2 amide bonds. The van der Waals surface area contributed by atoms with Crippen LogP contribution in [0, 0.1) is 5.82 Å². The fraction of sp³-hybridized carbons (Fsp3) is 0. The Kier molecular flexibility index (Phi) is 5.37. The van der Waals surface area contributed by atoms with E-state index in [0.717, 1.165) is 22.9 Å². The first kappa shape index (κ1) is 19.1. The largest absolute Gasteiger partial charge is 0.507 e. The van der Waals surface area contributed by atoms with Crippen LogP contribution in [-0.4, -0.2) is 26.7 Å². The molecule has 0 aliphatic heterocycles. The maximum absolute atomic E-state index is 13.0. The van der Waals surface area contributed by atoms with E-state index >= 15 is 0 Å². The summed E-state index contributed by atoms with van der Waals surface area (Å²) in [4.78, 5) is 36.3. The fourth-order valence-corrected chi connectivity index (χ4v) is 2.41. The summed E-state index contributed by atoms with van der Waals surface area (Å²) in [5, 5.41) is 13.8. The molecule has 1 heterocycles. The van der Waals surface area contributed by atoms with E-state index in [2.05, 4.69) is 16.0 Å². The van der Waals surface area contributed by atoms with Crippen LogP contribution >= 0.6 is 11.6 Å². The molecule has 0 unspecified atom stereocenters. The van der Waals surface area contributed by atoms with Crippen molar-refractivity contribution < 1.29 is 19.1 Å². The van der Waals surface area contributed by atoms with E-state index in [9.17, 15) is 23.9 Å². The number of hydrogen-bond acceptors (Lipinski definition) is 5. The number of benzene rings is 2. The lowest BCUT2D eigenvalue weighted by Gasteiger charge is -2.10. The molecule has 3 aromatic rings. The molecular weight excluding hydrogens is 391 g/mol. The summed E-state index contributed by atoms with van der Waals surface area (Å²) in [7, 11) is 0. The topological polar surface area (TPSA) is 113 Å². The Bertz CT molecular complexity index is 1120. The lowest BCUT2D eigenvalue weighted by molar-refractivity contribution is 0.0841. The van der Waals surface area contributed by atoms with Crippen molar-refractivity contribution >= 4 is 23.4 Å². The molecule has 0 spiro atoms. The standard InChI is InChI=1S/C18H12ClFN4O4/c19-10-1-7-15(25)13(9-10)17(27)21-22-18(28)14-6-8-16(26)24(23-14)12-4-2-11(20)3-5-12/h1-9,25H,(H,21,27)(H,22,28). The first-order valence-electron chi connectivity index (χ1n) is 7.80. The SMILES string of the molecule is O=C(NNC(=O)c1cc(Cl)ccc1O)c1ccc(=O)n(-c2ccc(F)cc2)n1. The Morgan fingerprint density at radius 2 is 1.68 bits per heavy atom. The van der Waals surface area contributed by atoms with Gasteiger partial charge in [0.15, 0.2) is 5.69 Å². The van der Waals surface area contributed by atoms with Gasteiger partial charge in [0.1, 0.15) is 11.6 Å². The number of carbonyl (C=O) groups excluding carboxylic acids is 2. The van der Waals surface area contributed by atoms with E-state index < -0.39 is 23.2 Å². The molecule has 0 saturated heterocycles. The summed E-state index contributed by atoms with van der Waals surface area (Å²) in [6.07, 6.45) is 0. The minimum atomic E-state index is -0.814. The number of rotatable bonds is 3. The molecule has 1 aromatic heterocycles. The number of phenols is 1. The van der Waals surface area contributed by atoms with Gasteiger partial charge in [-0.25, -0.2) is 4.39 Å². The number of nitrogens with one attached hydrogen (secondary N) is 2. The number of phenolic OH excluding ortho intramolecular Hbond substituents is 1. The summed E-state index contributed by atoms with van der Waals surface area (Å²) in [5.41, 5.74) is 3.64. The summed E-state index contributed by atoms with van der Waals surface area (Å²) >= 11 is 5.78. The Balaban J connectivity index is 1.77. The quantitative estimate of drug-likeness (QED) is 0.578. The zero-order valence-corrected chi connectivity index (χ0v) is 14.8. The molecule has 0 saturated carbocycles. The van der Waals surface area contributed by atoms with Crippen molar-refractivity contribution in [2.45, 2.75) is 0 Å². The monoisotopic (exact) mass is 402 g/mol. The molecule has 0 atom stereocenters. The molecule has 2 aromatic carbocycles. The van der Waals surface area contributed by atoms with Gasteiger partial charge in [0.25, 0.3) is 17.4 Å². The van der Waals surface area contributed by atoms with Crippen LogP contribution in [0.2, 0.25) is 5.02 Å². The first-order chi connectivity index (χ1) is 13.3. The minimum absolute atomic E-state index is 0.142. The fourth-order valence-electron chi connectivity index (χ4n) is 2.23. The molecule has 3 N–H and O–H groups in total. The van der Waals surface area contributed by atoms with Crippen molar-refractivity contribution in [3.8, 4) is 11.4 Å². The van der Waals surface area contributed by atoms with Gasteiger partial charge in [-0.3, -0.25) is 25.2 Å². The van der Waals surface area contributed by atoms with Crippen molar-refractivity contribution in [1.29, 1.82) is 0 Å². The summed E-state index contributed by atoms with van der Waals surface area (Å²) < 4.78 is 14.0. The number of aromatic nitrogens is 2. The number of hydrogen-bond donors (Lipinski definition) is 3. The van der Waals surface area contributed by atoms with E-state index in [1.54, 1.807) is 0 Å². The highest BCUT2D eigenvalue weighted by molar-refractivity contribution is 6.31. The number of carbonyl (C=O) groups is 2. The normalized spacial score (nSPS) is 10.4. The second-order valence-electron chi connectivity index (χ2n) is 5.51. The molecule has 10 heteroatoms. The number of amides is 2. The summed E-state index contributed by atoms with van der Waals surface area (Å²) in [5.74, 6) is -2.43. The van der Waals surface area contributed by atoms with E-state index in [1.165, 1.54) is 36.4 Å². The second-order valence-corrected chi connectivity index (χ2v) is 5.95. The van der Waals surface area contributed by atoms with Crippen molar-refractivity contribution in [3.05, 3.63) is 87.0 Å². The van der Waals surface area contributed by atoms with Crippen LogP contribution in [-0.2, 0) is 0 Å². The van der Waals surface area contributed by atoms with Crippen LogP contribution in [0.4, 0.5) is 4.39 Å². The Hall–Kier alpha value is -3.72. The van der Waals surface area contributed by atoms with E-state index in [4.69, 9.17) is 11.6 Å². The third kappa shape index (κ3) is 4.15. The maximum atomic E-state index is 13.0. The average Bonchev–Trinajstić information content (AvgIpc) is 2.69. The first-order valence-corrected chi connectivity index (χ1v) is 8.18. The number of nitrogens with zero attached hydrogens (tertiary/aromatic N) is 2. The number of aromatic hydroxyl groups is 1. The zero-order valence-electron chi connectivity index (χ0n) is 14.0. The van der Waals surface area contributed by atoms with Gasteiger partial charge in [0.05, 0.1) is 11.3 Å². The predicted molar refractivity (Wildman–Crippen MR) is 97.8 cm³/mol. The van der Waals surface area contributed by atoms with Crippen LogP contribution < -0.4 is 16.4 Å². The number of hydrazine groups is 1. The van der Waals surface area contributed by atoms with Crippen LogP contribution in [0.3, 0.4) is 0 Å². The predicted octanol–water partition coefficient (Wildman–Crippen LogP) is 1.81. The molecule has 8 nitrogen and oxygen atoms in total. The maximum Gasteiger partial charge on any atom is 0.290 e. The van der Waals surface area contributed by atoms with Crippen LogP contribution in [0.5, 0.6) is 5.75 Å². The molecule has 0 aliphatic carbocycles. The molecule has 0 bridgehead atoms. The van der Waals surface area contributed by atoms with Gasteiger partial charge in [0, 0.05) is 11.1 Å². The lowest BCUT2D eigenvalue weighted by Crippen LogP contribution is -2.42. The van der Waals surface area contributed by atoms with Crippen molar-refractivity contribution in [2.24, 2.45) is 0 Å². The van der Waals surface area contributed by atoms with Crippen LogP contribution in [0.1, 0.15) is 20.8 Å². The van der Waals surface area contributed by atoms with Gasteiger partial charge in [0.2, 0.25) is 0 Å². The second kappa shape index (κ2) is 7.89. The highest BCUT2D eigenvalue weighted by atomic mass is 35.5. The molecule has 3 rings (SSSR count). The van der Waals surface area contributed by atoms with Gasteiger partial charge >= 0.3 is 0 Å². The van der Waals surface area contributed by atoms with Crippen molar-refractivity contribution in [3.63, 3.8) is 0 Å². The lowest BCUT2D eigenvalue weighted by atomic mass is 10.2. The highest BCUT2D eigenvalue weighted by Crippen LogP contribution is 2.21. The molecule has 0 fully saturated rings. The van der Waals surface area contributed by atoms with Crippen molar-refractivity contribution in [2.75, 3.05) is 0 Å². The zero-order chi connectivity index (χ0) is 20.3. The Labute approximate surface area is 162 Å². The third-order valence-electron chi connectivity index (χ3n) is 3.60. The summed E-state index contributed by atoms with van der Waals surface area (Å²) in [6, 6.07) is 11.1. The van der Waals surface area contributed by atoms with E-state index in [1.807, 2.05) is 0 Å².